The van der Waals surface area contributed by atoms with Gasteiger partial charge in [0.1, 0.15) is 0 Å². The van der Waals surface area contributed by atoms with Crippen LogP contribution in [0.25, 0.3) is 0 Å². The number of hydrogen-bond acceptors (Lipinski definition) is 3. The molecule has 1 fully saturated rings. The summed E-state index contributed by atoms with van der Waals surface area (Å²) in [5.41, 5.74) is 2.34. The third-order valence-electron chi connectivity index (χ3n) is 3.54. The monoisotopic (exact) mass is 331 g/mol. The van der Waals surface area contributed by atoms with Crippen LogP contribution in [0.4, 0.5) is 0 Å². The molecule has 0 amide bonds. The average Bonchev–Trinajstić information content (AvgIpc) is 2.63. The minimum Gasteiger partial charge on any atom is -0.313 e. The lowest BCUT2D eigenvalue weighted by molar-refractivity contribution is 0.417. The van der Waals surface area contributed by atoms with Gasteiger partial charge in [0.15, 0.2) is 9.84 Å². The highest BCUT2D eigenvalue weighted by atomic mass is 79.9. The molecule has 0 saturated carbocycles. The van der Waals surface area contributed by atoms with Gasteiger partial charge in [0.2, 0.25) is 0 Å². The van der Waals surface area contributed by atoms with Gasteiger partial charge in [-0.2, -0.15) is 0 Å². The summed E-state index contributed by atoms with van der Waals surface area (Å²) in [6.07, 6.45) is 0.744. The Balaban J connectivity index is 2.29. The fourth-order valence-corrected chi connectivity index (χ4v) is 5.20. The quantitative estimate of drug-likeness (QED) is 0.925. The number of hydrogen-bond donors (Lipinski definition) is 1. The largest absolute Gasteiger partial charge is 0.313 e. The van der Waals surface area contributed by atoms with Crippen molar-refractivity contribution in [1.82, 2.24) is 5.32 Å². The van der Waals surface area contributed by atoms with Crippen LogP contribution in [0.5, 0.6) is 0 Å². The van der Waals surface area contributed by atoms with Gasteiger partial charge >= 0.3 is 0 Å². The molecule has 0 aliphatic carbocycles. The third kappa shape index (κ3) is 2.95. The lowest BCUT2D eigenvalue weighted by Gasteiger charge is -2.23. The molecule has 1 aliphatic heterocycles. The highest BCUT2D eigenvalue weighted by Gasteiger charge is 2.34. The highest BCUT2D eigenvalue weighted by Crippen LogP contribution is 2.34. The molecule has 1 aromatic rings. The first-order valence-electron chi connectivity index (χ1n) is 6.06. The molecule has 100 valence electrons. The van der Waals surface area contributed by atoms with Crippen molar-refractivity contribution in [3.8, 4) is 0 Å². The molecule has 3 nitrogen and oxygen atoms in total. The van der Waals surface area contributed by atoms with Crippen molar-refractivity contribution in [2.24, 2.45) is 5.92 Å². The lowest BCUT2D eigenvalue weighted by Crippen LogP contribution is -2.26. The van der Waals surface area contributed by atoms with E-state index in [-0.39, 0.29) is 12.0 Å². The maximum absolute atomic E-state index is 11.6. The van der Waals surface area contributed by atoms with E-state index in [0.29, 0.717) is 11.5 Å². The van der Waals surface area contributed by atoms with E-state index < -0.39 is 9.84 Å². The smallest absolute Gasteiger partial charge is 0.150 e. The van der Waals surface area contributed by atoms with Crippen LogP contribution in [0, 0.1) is 12.8 Å². The number of benzene rings is 1. The second-order valence-electron chi connectivity index (χ2n) is 4.95. The molecule has 1 saturated heterocycles. The standard InChI is InChI=1S/C13H18BrNO2S/c1-9-3-4-11(12(14)7-9)13(15-2)10-5-6-18(16,17)8-10/h3-4,7,10,13,15H,5-6,8H2,1-2H3. The van der Waals surface area contributed by atoms with Crippen LogP contribution in [-0.4, -0.2) is 27.0 Å². The fourth-order valence-electron chi connectivity index (χ4n) is 2.62. The normalized spacial score (nSPS) is 24.1. The van der Waals surface area contributed by atoms with E-state index in [9.17, 15) is 8.42 Å². The van der Waals surface area contributed by atoms with Crippen molar-refractivity contribution in [2.45, 2.75) is 19.4 Å². The Hall–Kier alpha value is -0.390. The van der Waals surface area contributed by atoms with Crippen LogP contribution in [0.15, 0.2) is 22.7 Å². The molecule has 1 heterocycles. The average molecular weight is 332 g/mol. The van der Waals surface area contributed by atoms with Crippen molar-refractivity contribution in [3.63, 3.8) is 0 Å². The minimum absolute atomic E-state index is 0.0947. The molecule has 1 N–H and O–H groups in total. The van der Waals surface area contributed by atoms with E-state index in [1.807, 2.05) is 14.0 Å². The topological polar surface area (TPSA) is 46.2 Å². The molecule has 0 radical (unpaired) electrons. The molecule has 5 heteroatoms. The molecule has 0 aromatic heterocycles. The summed E-state index contributed by atoms with van der Waals surface area (Å²) < 4.78 is 24.2. The van der Waals surface area contributed by atoms with E-state index in [4.69, 9.17) is 0 Å². The van der Waals surface area contributed by atoms with E-state index in [0.717, 1.165) is 16.5 Å². The maximum Gasteiger partial charge on any atom is 0.150 e. The van der Waals surface area contributed by atoms with Gasteiger partial charge in [0.25, 0.3) is 0 Å². The van der Waals surface area contributed by atoms with Crippen LogP contribution in [0.1, 0.15) is 23.6 Å². The molecular weight excluding hydrogens is 314 g/mol. The van der Waals surface area contributed by atoms with Crippen molar-refractivity contribution >= 4 is 25.8 Å². The lowest BCUT2D eigenvalue weighted by atomic mass is 9.92. The van der Waals surface area contributed by atoms with Gasteiger partial charge in [0.05, 0.1) is 11.5 Å². The van der Waals surface area contributed by atoms with Crippen molar-refractivity contribution in [1.29, 1.82) is 0 Å². The number of sulfone groups is 1. The summed E-state index contributed by atoms with van der Waals surface area (Å²) in [7, 11) is -0.944. The van der Waals surface area contributed by atoms with Crippen LogP contribution < -0.4 is 5.32 Å². The Morgan fingerprint density at radius 3 is 2.67 bits per heavy atom. The molecule has 1 aliphatic rings. The zero-order chi connectivity index (χ0) is 13.3. The van der Waals surface area contributed by atoms with Crippen LogP contribution in [0.2, 0.25) is 0 Å². The van der Waals surface area contributed by atoms with Gasteiger partial charge in [-0.3, -0.25) is 0 Å². The first kappa shape index (κ1) is 14.0. The summed E-state index contributed by atoms with van der Waals surface area (Å²) in [5, 5.41) is 3.26. The highest BCUT2D eigenvalue weighted by molar-refractivity contribution is 9.10. The first-order valence-corrected chi connectivity index (χ1v) is 8.68. The van der Waals surface area contributed by atoms with Crippen molar-refractivity contribution < 1.29 is 8.42 Å². The Bertz CT molecular complexity index is 542. The minimum atomic E-state index is -2.83. The molecule has 2 atom stereocenters. The van der Waals surface area contributed by atoms with Crippen molar-refractivity contribution in [3.05, 3.63) is 33.8 Å². The zero-order valence-corrected chi connectivity index (χ0v) is 13.0. The molecule has 0 spiro atoms. The predicted octanol–water partition coefficient (Wildman–Crippen LogP) is 2.45. The van der Waals surface area contributed by atoms with Crippen LogP contribution in [0.3, 0.4) is 0 Å². The maximum atomic E-state index is 11.6. The van der Waals surface area contributed by atoms with E-state index >= 15 is 0 Å². The second-order valence-corrected chi connectivity index (χ2v) is 8.04. The van der Waals surface area contributed by atoms with Gasteiger partial charge in [0, 0.05) is 10.5 Å². The second kappa shape index (κ2) is 5.31. The Labute approximate surface area is 117 Å². The van der Waals surface area contributed by atoms with Crippen LogP contribution >= 0.6 is 15.9 Å². The van der Waals surface area contributed by atoms with Gasteiger partial charge in [-0.1, -0.05) is 28.1 Å². The summed E-state index contributed by atoms with van der Waals surface area (Å²) in [5.74, 6) is 0.775. The molecule has 0 bridgehead atoms. The number of aryl methyl sites for hydroxylation is 1. The zero-order valence-electron chi connectivity index (χ0n) is 10.6. The van der Waals surface area contributed by atoms with E-state index in [1.165, 1.54) is 5.56 Å². The van der Waals surface area contributed by atoms with Crippen LogP contribution in [-0.2, 0) is 9.84 Å². The Kier molecular flexibility index (Phi) is 4.14. The van der Waals surface area contributed by atoms with Gasteiger partial charge < -0.3 is 5.32 Å². The molecule has 2 unspecified atom stereocenters. The number of nitrogens with one attached hydrogen (secondary N) is 1. The molecular formula is C13H18BrNO2S. The summed E-state index contributed by atoms with van der Waals surface area (Å²) in [6.45, 7) is 2.04. The predicted molar refractivity (Wildman–Crippen MR) is 77.4 cm³/mol. The molecule has 18 heavy (non-hydrogen) atoms. The summed E-state index contributed by atoms with van der Waals surface area (Å²) in [4.78, 5) is 0. The van der Waals surface area contributed by atoms with Gasteiger partial charge in [-0.05, 0) is 43.5 Å². The molecule has 2 rings (SSSR count). The SMILES string of the molecule is CNC(c1ccc(C)cc1Br)C1CCS(=O)(=O)C1. The summed E-state index contributed by atoms with van der Waals surface area (Å²) >= 11 is 3.57. The first-order chi connectivity index (χ1) is 8.43. The Morgan fingerprint density at radius 1 is 1.44 bits per heavy atom. The molecule has 1 aromatic carbocycles. The Morgan fingerprint density at radius 2 is 2.17 bits per heavy atom. The van der Waals surface area contributed by atoms with Gasteiger partial charge in [-0.15, -0.1) is 0 Å². The summed E-state index contributed by atoms with van der Waals surface area (Å²) in [6, 6.07) is 6.31. The third-order valence-corrected chi connectivity index (χ3v) is 6.02. The van der Waals surface area contributed by atoms with Gasteiger partial charge in [-0.25, -0.2) is 8.42 Å². The number of halogens is 1. The fraction of sp³-hybridized carbons (Fsp3) is 0.538. The van der Waals surface area contributed by atoms with E-state index in [2.05, 4.69) is 39.4 Å². The van der Waals surface area contributed by atoms with Crippen molar-refractivity contribution in [2.75, 3.05) is 18.6 Å². The number of rotatable bonds is 3. The van der Waals surface area contributed by atoms with E-state index in [1.54, 1.807) is 0 Å².